The second kappa shape index (κ2) is 11.4. The number of ether oxygens (including phenoxy) is 1. The van der Waals surface area contributed by atoms with Gasteiger partial charge in [-0.25, -0.2) is 19.1 Å². The Morgan fingerprint density at radius 3 is 2.55 bits per heavy atom. The highest BCUT2D eigenvalue weighted by Gasteiger charge is 2.50. The number of fused-ring (bicyclic) bond motifs is 1. The van der Waals surface area contributed by atoms with E-state index in [-0.39, 0.29) is 28.2 Å². The van der Waals surface area contributed by atoms with Gasteiger partial charge < -0.3 is 19.6 Å². The minimum Gasteiger partial charge on any atom is -0.449 e. The first-order valence-electron chi connectivity index (χ1n) is 13.6. The number of anilines is 2. The number of carboxylic acid groups (broad SMARTS) is 1. The van der Waals surface area contributed by atoms with E-state index in [1.807, 2.05) is 56.4 Å². The molecule has 0 bridgehead atoms. The number of halogens is 1. The minimum absolute atomic E-state index is 0.0233. The van der Waals surface area contributed by atoms with Crippen molar-refractivity contribution in [1.29, 1.82) is 0 Å². The van der Waals surface area contributed by atoms with Crippen LogP contribution >= 0.6 is 11.6 Å². The van der Waals surface area contributed by atoms with Crippen molar-refractivity contribution in [2.24, 2.45) is 0 Å². The third-order valence-electron chi connectivity index (χ3n) is 8.37. The summed E-state index contributed by atoms with van der Waals surface area (Å²) in [6.07, 6.45) is 4.60. The van der Waals surface area contributed by atoms with Gasteiger partial charge in [-0.15, -0.1) is 0 Å². The van der Waals surface area contributed by atoms with Crippen LogP contribution in [-0.4, -0.2) is 71.9 Å². The Balaban J connectivity index is 1.51. The molecule has 1 aliphatic heterocycles. The van der Waals surface area contributed by atoms with Crippen LogP contribution in [0, 0.1) is 0 Å². The van der Waals surface area contributed by atoms with Crippen molar-refractivity contribution in [2.45, 2.75) is 44.2 Å². The van der Waals surface area contributed by atoms with Crippen LogP contribution in [0.4, 0.5) is 16.6 Å². The van der Waals surface area contributed by atoms with Crippen molar-refractivity contribution in [3.05, 3.63) is 76.4 Å². The molecule has 1 aromatic heterocycles. The second-order valence-electron chi connectivity index (χ2n) is 10.9. The Morgan fingerprint density at radius 1 is 1.10 bits per heavy atom. The molecule has 210 valence electrons. The Bertz CT molecular complexity index is 1410. The molecule has 5 rings (SSSR count). The first-order valence-corrected chi connectivity index (χ1v) is 14.0. The molecule has 3 aromatic rings. The van der Waals surface area contributed by atoms with E-state index in [1.54, 1.807) is 24.4 Å². The highest BCUT2D eigenvalue weighted by Crippen LogP contribution is 2.45. The van der Waals surface area contributed by atoms with Crippen molar-refractivity contribution >= 4 is 35.4 Å². The molecule has 1 aliphatic carbocycles. The number of hydrogen-bond donors (Lipinski definition) is 1. The molecule has 1 unspecified atom stereocenters. The molecule has 2 aromatic carbocycles. The number of aromatic nitrogens is 2. The second-order valence-corrected chi connectivity index (χ2v) is 11.3. The SMILES string of the molecule is CN(C)c1nccc(N2CCC([N+](C)(C(=O)c3ccccc3Cl)[C@@H]3CCCc4ccc(OC(=O)O)cc43)CC2)n1. The number of nitrogens with zero attached hydrogens (tertiary/aromatic N) is 5. The van der Waals surface area contributed by atoms with Crippen LogP contribution < -0.4 is 14.5 Å². The number of piperidine rings is 1. The average Bonchev–Trinajstić information content (AvgIpc) is 2.96. The number of quaternary nitrogens is 1. The van der Waals surface area contributed by atoms with E-state index in [2.05, 4.69) is 9.88 Å². The Hall–Kier alpha value is -3.69. The third kappa shape index (κ3) is 5.36. The Morgan fingerprint density at radius 2 is 1.85 bits per heavy atom. The zero-order valence-corrected chi connectivity index (χ0v) is 23.8. The summed E-state index contributed by atoms with van der Waals surface area (Å²) < 4.78 is 5.18. The Labute approximate surface area is 239 Å². The maximum Gasteiger partial charge on any atom is 0.511 e. The van der Waals surface area contributed by atoms with Gasteiger partial charge in [0.25, 0.3) is 0 Å². The summed E-state index contributed by atoms with van der Waals surface area (Å²) in [6, 6.07) is 14.5. The molecule has 1 amide bonds. The number of hydrogen-bond acceptors (Lipinski definition) is 7. The van der Waals surface area contributed by atoms with Crippen molar-refractivity contribution in [3.63, 3.8) is 0 Å². The molecule has 1 fully saturated rings. The monoisotopic (exact) mass is 564 g/mol. The fraction of sp³-hybridized carbons (Fsp3) is 0.400. The van der Waals surface area contributed by atoms with Gasteiger partial charge in [0.15, 0.2) is 0 Å². The third-order valence-corrected chi connectivity index (χ3v) is 8.70. The highest BCUT2D eigenvalue weighted by atomic mass is 35.5. The lowest BCUT2D eigenvalue weighted by Gasteiger charge is -2.49. The summed E-state index contributed by atoms with van der Waals surface area (Å²) in [5.41, 5.74) is 2.60. The van der Waals surface area contributed by atoms with Gasteiger partial charge in [0.1, 0.15) is 17.6 Å². The summed E-state index contributed by atoms with van der Waals surface area (Å²) in [4.78, 5) is 39.0. The first kappa shape index (κ1) is 27.9. The van der Waals surface area contributed by atoms with Gasteiger partial charge >= 0.3 is 12.1 Å². The van der Waals surface area contributed by atoms with E-state index in [0.717, 1.165) is 62.1 Å². The number of amides is 1. The van der Waals surface area contributed by atoms with Crippen molar-refractivity contribution in [1.82, 2.24) is 9.97 Å². The van der Waals surface area contributed by atoms with Crippen LogP contribution in [-0.2, 0) is 6.42 Å². The van der Waals surface area contributed by atoms with Gasteiger partial charge in [-0.3, -0.25) is 0 Å². The molecule has 0 radical (unpaired) electrons. The van der Waals surface area contributed by atoms with Gasteiger partial charge in [-0.1, -0.05) is 29.8 Å². The maximum atomic E-state index is 14.6. The van der Waals surface area contributed by atoms with E-state index >= 15 is 0 Å². The van der Waals surface area contributed by atoms with Crippen LogP contribution in [0.1, 0.15) is 53.2 Å². The minimum atomic E-state index is -1.36. The van der Waals surface area contributed by atoms with Crippen molar-refractivity contribution in [2.75, 3.05) is 44.0 Å². The first-order chi connectivity index (χ1) is 19.2. The van der Waals surface area contributed by atoms with Crippen molar-refractivity contribution < 1.29 is 23.9 Å². The zero-order chi connectivity index (χ0) is 28.4. The molecule has 10 heteroatoms. The lowest BCUT2D eigenvalue weighted by atomic mass is 9.83. The lowest BCUT2D eigenvalue weighted by Crippen LogP contribution is -2.61. The predicted molar refractivity (Wildman–Crippen MR) is 154 cm³/mol. The van der Waals surface area contributed by atoms with Gasteiger partial charge in [0.05, 0.1) is 23.7 Å². The molecule has 2 atom stereocenters. The lowest BCUT2D eigenvalue weighted by molar-refractivity contribution is -0.888. The molecular weight excluding hydrogens is 530 g/mol. The number of benzene rings is 2. The summed E-state index contributed by atoms with van der Waals surface area (Å²) in [6.45, 7) is 1.50. The highest BCUT2D eigenvalue weighted by molar-refractivity contribution is 6.33. The Kier molecular flexibility index (Phi) is 7.96. The summed E-state index contributed by atoms with van der Waals surface area (Å²) in [5.74, 6) is 1.78. The number of rotatable bonds is 6. The summed E-state index contributed by atoms with van der Waals surface area (Å²) in [5, 5.41) is 9.66. The molecule has 1 saturated heterocycles. The van der Waals surface area contributed by atoms with Gasteiger partial charge in [-0.2, -0.15) is 4.98 Å². The maximum absolute atomic E-state index is 14.6. The molecule has 1 N–H and O–H groups in total. The van der Waals surface area contributed by atoms with Crippen molar-refractivity contribution in [3.8, 4) is 5.75 Å². The predicted octanol–water partition coefficient (Wildman–Crippen LogP) is 5.59. The van der Waals surface area contributed by atoms with E-state index in [1.165, 1.54) is 0 Å². The van der Waals surface area contributed by atoms with Crippen LogP contribution in [0.5, 0.6) is 5.75 Å². The van der Waals surface area contributed by atoms with Crippen LogP contribution in [0.25, 0.3) is 0 Å². The van der Waals surface area contributed by atoms with E-state index in [9.17, 15) is 14.7 Å². The molecule has 0 spiro atoms. The van der Waals surface area contributed by atoms with Crippen LogP contribution in [0.3, 0.4) is 0 Å². The fourth-order valence-electron chi connectivity index (χ4n) is 6.29. The van der Waals surface area contributed by atoms with Crippen LogP contribution in [0.15, 0.2) is 54.7 Å². The molecule has 0 saturated carbocycles. The van der Waals surface area contributed by atoms with Gasteiger partial charge in [0.2, 0.25) is 5.95 Å². The molecule has 2 aliphatic rings. The fourth-order valence-corrected chi connectivity index (χ4v) is 6.51. The summed E-state index contributed by atoms with van der Waals surface area (Å²) in [7, 11) is 5.87. The van der Waals surface area contributed by atoms with Gasteiger partial charge in [-0.05, 0) is 48.7 Å². The normalized spacial score (nSPS) is 18.9. The number of carbonyl (C=O) groups is 2. The van der Waals surface area contributed by atoms with E-state index in [0.29, 0.717) is 16.5 Å². The van der Waals surface area contributed by atoms with E-state index in [4.69, 9.17) is 21.3 Å². The average molecular weight is 565 g/mol. The zero-order valence-electron chi connectivity index (χ0n) is 23.1. The van der Waals surface area contributed by atoms with Gasteiger partial charge in [0, 0.05) is 58.2 Å². The number of carbonyl (C=O) groups excluding carboxylic acids is 1. The molecule has 40 heavy (non-hydrogen) atoms. The van der Waals surface area contributed by atoms with Crippen LogP contribution in [0.2, 0.25) is 5.02 Å². The molecule has 2 heterocycles. The summed E-state index contributed by atoms with van der Waals surface area (Å²) >= 11 is 6.59. The smallest absolute Gasteiger partial charge is 0.449 e. The standard InChI is InChI=1S/C30H34ClN5O4/c1-34(2)29-32-16-13-27(33-29)35-17-14-21(15-18-35)36(3,28(37)23-8-4-5-9-25(23)31)26-10-6-7-20-11-12-22(19-24(20)26)40-30(38)39/h4-5,8-9,11-13,16,19,21,26H,6-7,10,14-15,17-18H2,1-3H3/p+1/t26-,36?/m1/s1. The molecule has 9 nitrogen and oxygen atoms in total. The molecular formula is C30H35ClN5O4+. The topological polar surface area (TPSA) is 95.9 Å². The number of aryl methyl sites for hydroxylation is 1. The van der Waals surface area contributed by atoms with E-state index < -0.39 is 6.16 Å². The quantitative estimate of drug-likeness (QED) is 0.235. The largest absolute Gasteiger partial charge is 0.511 e.